The van der Waals surface area contributed by atoms with Crippen LogP contribution in [-0.4, -0.2) is 41.3 Å². The zero-order valence-electron chi connectivity index (χ0n) is 18.1. The summed E-state index contributed by atoms with van der Waals surface area (Å²) in [6, 6.07) is 4.45. The lowest BCUT2D eigenvalue weighted by atomic mass is 9.86. The number of carbonyl (C=O) groups excluding carboxylic acids is 2. The van der Waals surface area contributed by atoms with Crippen molar-refractivity contribution in [3.05, 3.63) is 34.1 Å². The van der Waals surface area contributed by atoms with Gasteiger partial charge >= 0.3 is 12.1 Å². The summed E-state index contributed by atoms with van der Waals surface area (Å²) in [7, 11) is 0. The van der Waals surface area contributed by atoms with Crippen LogP contribution in [0.25, 0.3) is 0 Å². The molecule has 0 bridgehead atoms. The molecule has 7 heteroatoms. The molecule has 1 aliphatic heterocycles. The third-order valence-corrected chi connectivity index (χ3v) is 5.35. The van der Waals surface area contributed by atoms with Crippen molar-refractivity contribution in [3.8, 4) is 0 Å². The van der Waals surface area contributed by atoms with Crippen LogP contribution in [0.5, 0.6) is 0 Å². The number of halogens is 2. The first-order valence-electron chi connectivity index (χ1n) is 9.90. The molecule has 1 saturated heterocycles. The molecule has 2 atom stereocenters. The molecule has 0 N–H and O–H groups in total. The van der Waals surface area contributed by atoms with Gasteiger partial charge in [-0.1, -0.05) is 22.0 Å². The van der Waals surface area contributed by atoms with Gasteiger partial charge in [-0.25, -0.2) is 9.18 Å². The van der Waals surface area contributed by atoms with Crippen molar-refractivity contribution < 1.29 is 23.5 Å². The van der Waals surface area contributed by atoms with Gasteiger partial charge in [-0.05, 0) is 78.0 Å². The minimum absolute atomic E-state index is 0.0608. The number of esters is 1. The van der Waals surface area contributed by atoms with Gasteiger partial charge in [-0.15, -0.1) is 0 Å². The molecule has 0 aromatic heterocycles. The standard InChI is InChI=1S/C22H31BrFNO4/c1-21(2,3)28-19(26)17(11-14-7-8-16(24)12-18(14)23)15-9-10-25(13-15)20(27)29-22(4,5)6/h7-8,12,15,17H,9-11,13H2,1-6H3/t15-,17-/m0/s1. The topological polar surface area (TPSA) is 55.8 Å². The molecule has 5 nitrogen and oxygen atoms in total. The number of ether oxygens (including phenoxy) is 2. The summed E-state index contributed by atoms with van der Waals surface area (Å²) in [5.41, 5.74) is -0.352. The fourth-order valence-electron chi connectivity index (χ4n) is 3.35. The Balaban J connectivity index is 2.19. The van der Waals surface area contributed by atoms with E-state index in [9.17, 15) is 14.0 Å². The number of carbonyl (C=O) groups is 2. The zero-order valence-corrected chi connectivity index (χ0v) is 19.6. The van der Waals surface area contributed by atoms with Crippen LogP contribution in [0.4, 0.5) is 9.18 Å². The Morgan fingerprint density at radius 2 is 1.79 bits per heavy atom. The van der Waals surface area contributed by atoms with Gasteiger partial charge in [-0.3, -0.25) is 4.79 Å². The van der Waals surface area contributed by atoms with Crippen LogP contribution in [0.3, 0.4) is 0 Å². The highest BCUT2D eigenvalue weighted by atomic mass is 79.9. The normalized spacial score (nSPS) is 18.5. The molecule has 0 saturated carbocycles. The predicted octanol–water partition coefficient (Wildman–Crippen LogP) is 5.35. The summed E-state index contributed by atoms with van der Waals surface area (Å²) < 4.78 is 25.2. The summed E-state index contributed by atoms with van der Waals surface area (Å²) in [5, 5.41) is 0. The fraction of sp³-hybridized carbons (Fsp3) is 0.636. The van der Waals surface area contributed by atoms with Gasteiger partial charge in [0.1, 0.15) is 17.0 Å². The van der Waals surface area contributed by atoms with Crippen molar-refractivity contribution in [3.63, 3.8) is 0 Å². The van der Waals surface area contributed by atoms with E-state index in [0.29, 0.717) is 30.4 Å². The van der Waals surface area contributed by atoms with E-state index >= 15 is 0 Å². The van der Waals surface area contributed by atoms with E-state index in [2.05, 4.69) is 15.9 Å². The van der Waals surface area contributed by atoms with E-state index in [1.165, 1.54) is 12.1 Å². The second-order valence-corrected chi connectivity index (χ2v) is 10.4. The van der Waals surface area contributed by atoms with E-state index in [-0.39, 0.29) is 23.8 Å². The third kappa shape index (κ3) is 7.28. The van der Waals surface area contributed by atoms with Gasteiger partial charge in [-0.2, -0.15) is 0 Å². The Labute approximate surface area is 181 Å². The van der Waals surface area contributed by atoms with E-state index in [4.69, 9.17) is 9.47 Å². The number of benzene rings is 1. The molecule has 0 spiro atoms. The highest BCUT2D eigenvalue weighted by molar-refractivity contribution is 9.10. The Morgan fingerprint density at radius 3 is 2.34 bits per heavy atom. The monoisotopic (exact) mass is 471 g/mol. The third-order valence-electron chi connectivity index (χ3n) is 4.61. The van der Waals surface area contributed by atoms with Gasteiger partial charge < -0.3 is 14.4 Å². The SMILES string of the molecule is CC(C)(C)OC(=O)[C@@H](Cc1ccc(F)cc1Br)[C@H]1CCN(C(=O)OC(C)(C)C)C1. The van der Waals surface area contributed by atoms with Crippen molar-refractivity contribution >= 4 is 28.0 Å². The Morgan fingerprint density at radius 1 is 1.17 bits per heavy atom. The maximum absolute atomic E-state index is 13.5. The fourth-order valence-corrected chi connectivity index (χ4v) is 3.86. The molecule has 1 aliphatic rings. The van der Waals surface area contributed by atoms with Crippen LogP contribution >= 0.6 is 15.9 Å². The summed E-state index contributed by atoms with van der Waals surface area (Å²) in [5.74, 6) is -1.14. The highest BCUT2D eigenvalue weighted by Crippen LogP contribution is 2.32. The Bertz CT molecular complexity index is 754. The molecule has 0 unspecified atom stereocenters. The lowest BCUT2D eigenvalue weighted by Crippen LogP contribution is -2.38. The zero-order chi connectivity index (χ0) is 22.0. The van der Waals surface area contributed by atoms with Crippen LogP contribution in [0.2, 0.25) is 0 Å². The molecule has 0 radical (unpaired) electrons. The molecule has 1 fully saturated rings. The van der Waals surface area contributed by atoms with Crippen molar-refractivity contribution in [1.82, 2.24) is 4.90 Å². The first-order chi connectivity index (χ1) is 13.2. The molecule has 1 amide bonds. The van der Waals surface area contributed by atoms with Crippen LogP contribution in [0.15, 0.2) is 22.7 Å². The maximum Gasteiger partial charge on any atom is 0.410 e. The predicted molar refractivity (Wildman–Crippen MR) is 113 cm³/mol. The van der Waals surface area contributed by atoms with Crippen molar-refractivity contribution in [1.29, 1.82) is 0 Å². The Kier molecular flexibility index (Phi) is 7.36. The summed E-state index contributed by atoms with van der Waals surface area (Å²) in [4.78, 5) is 27.0. The number of rotatable bonds is 4. The van der Waals surface area contributed by atoms with E-state index in [0.717, 1.165) is 5.56 Å². The number of amides is 1. The van der Waals surface area contributed by atoms with Gasteiger partial charge in [0.25, 0.3) is 0 Å². The lowest BCUT2D eigenvalue weighted by Gasteiger charge is -2.28. The van der Waals surface area contributed by atoms with Gasteiger partial charge in [0.05, 0.1) is 5.92 Å². The summed E-state index contributed by atoms with van der Waals surface area (Å²) >= 11 is 3.39. The Hall–Kier alpha value is -1.63. The first kappa shape index (κ1) is 23.6. The van der Waals surface area contributed by atoms with E-state index < -0.39 is 17.1 Å². The lowest BCUT2D eigenvalue weighted by molar-refractivity contribution is -0.161. The van der Waals surface area contributed by atoms with Crippen molar-refractivity contribution in [2.75, 3.05) is 13.1 Å². The van der Waals surface area contributed by atoms with Gasteiger partial charge in [0.2, 0.25) is 0 Å². The maximum atomic E-state index is 13.5. The van der Waals surface area contributed by atoms with E-state index in [1.54, 1.807) is 11.0 Å². The van der Waals surface area contributed by atoms with Gasteiger partial charge in [0.15, 0.2) is 0 Å². The number of hydrogen-bond acceptors (Lipinski definition) is 4. The summed E-state index contributed by atoms with van der Waals surface area (Å²) in [6.45, 7) is 11.9. The van der Waals surface area contributed by atoms with Crippen LogP contribution in [0, 0.1) is 17.7 Å². The number of likely N-dealkylation sites (tertiary alicyclic amines) is 1. The largest absolute Gasteiger partial charge is 0.460 e. The molecule has 162 valence electrons. The molecule has 1 aromatic rings. The van der Waals surface area contributed by atoms with Crippen LogP contribution in [-0.2, 0) is 20.7 Å². The molecule has 1 aromatic carbocycles. The quantitative estimate of drug-likeness (QED) is 0.555. The molecular weight excluding hydrogens is 441 g/mol. The average molecular weight is 472 g/mol. The molecule has 2 rings (SSSR count). The number of hydrogen-bond donors (Lipinski definition) is 0. The molecule has 0 aliphatic carbocycles. The smallest absolute Gasteiger partial charge is 0.410 e. The second kappa shape index (κ2) is 9.02. The highest BCUT2D eigenvalue weighted by Gasteiger charge is 2.39. The van der Waals surface area contributed by atoms with Crippen molar-refractivity contribution in [2.24, 2.45) is 11.8 Å². The van der Waals surface area contributed by atoms with Crippen LogP contribution < -0.4 is 0 Å². The van der Waals surface area contributed by atoms with Crippen LogP contribution in [0.1, 0.15) is 53.5 Å². The molecular formula is C22H31BrFNO4. The second-order valence-electron chi connectivity index (χ2n) is 9.55. The molecule has 29 heavy (non-hydrogen) atoms. The molecule has 1 heterocycles. The average Bonchev–Trinajstić information content (AvgIpc) is 3.00. The number of nitrogens with zero attached hydrogens (tertiary/aromatic N) is 1. The van der Waals surface area contributed by atoms with E-state index in [1.807, 2.05) is 41.5 Å². The van der Waals surface area contributed by atoms with Crippen molar-refractivity contribution in [2.45, 2.75) is 65.6 Å². The van der Waals surface area contributed by atoms with Gasteiger partial charge in [0, 0.05) is 17.6 Å². The minimum Gasteiger partial charge on any atom is -0.460 e. The summed E-state index contributed by atoms with van der Waals surface area (Å²) in [6.07, 6.45) is 0.718. The first-order valence-corrected chi connectivity index (χ1v) is 10.7. The minimum atomic E-state index is -0.612.